The largest absolute Gasteiger partial charge is 0.490 e. The van der Waals surface area contributed by atoms with E-state index in [4.69, 9.17) is 14.2 Å². The minimum absolute atomic E-state index is 0.0263. The molecule has 0 aliphatic carbocycles. The van der Waals surface area contributed by atoms with Crippen molar-refractivity contribution in [2.75, 3.05) is 13.2 Å². The minimum Gasteiger partial charge on any atom is -0.490 e. The molecule has 3 rings (SSSR count). The summed E-state index contributed by atoms with van der Waals surface area (Å²) in [7, 11) is 0. The molecule has 0 saturated heterocycles. The first-order valence-corrected chi connectivity index (χ1v) is 11.6. The Kier molecular flexibility index (Phi) is 9.04. The highest BCUT2D eigenvalue weighted by atomic mass is 16.6. The highest BCUT2D eigenvalue weighted by Crippen LogP contribution is 2.24. The lowest BCUT2D eigenvalue weighted by molar-refractivity contribution is -0.384. The van der Waals surface area contributed by atoms with Gasteiger partial charge in [-0.25, -0.2) is 4.79 Å². The predicted molar refractivity (Wildman–Crippen MR) is 136 cm³/mol. The summed E-state index contributed by atoms with van der Waals surface area (Å²) >= 11 is 0. The zero-order valence-electron chi connectivity index (χ0n) is 20.7. The number of non-ortho nitro benzene ring substituents is 1. The molecule has 0 bridgehead atoms. The van der Waals surface area contributed by atoms with Crippen LogP contribution in [0.15, 0.2) is 83.0 Å². The van der Waals surface area contributed by atoms with Crippen LogP contribution in [-0.4, -0.2) is 30.1 Å². The lowest BCUT2D eigenvalue weighted by Crippen LogP contribution is -2.27. The maximum absolute atomic E-state index is 12.4. The summed E-state index contributed by atoms with van der Waals surface area (Å²) in [6.45, 7) is 5.92. The van der Waals surface area contributed by atoms with E-state index in [0.29, 0.717) is 34.9 Å². The van der Waals surface area contributed by atoms with Gasteiger partial charge in [-0.3, -0.25) is 14.9 Å². The van der Waals surface area contributed by atoms with Crippen molar-refractivity contribution >= 4 is 29.0 Å². The van der Waals surface area contributed by atoms with Crippen molar-refractivity contribution in [1.82, 2.24) is 0 Å². The van der Waals surface area contributed by atoms with Gasteiger partial charge in [0.05, 0.1) is 27.3 Å². The van der Waals surface area contributed by atoms with Crippen molar-refractivity contribution in [3.8, 4) is 11.5 Å². The molecule has 3 aromatic rings. The molecule has 0 aliphatic rings. The van der Waals surface area contributed by atoms with Gasteiger partial charge in [0.25, 0.3) is 5.69 Å². The fraction of sp³-hybridized carbons (Fsp3) is 0.259. The number of nitrogens with zero attached hydrogens (tertiary/aromatic N) is 3. The maximum atomic E-state index is 12.4. The highest BCUT2D eigenvalue weighted by Gasteiger charge is 2.26. The van der Waals surface area contributed by atoms with E-state index in [9.17, 15) is 19.7 Å². The fourth-order valence-electron chi connectivity index (χ4n) is 2.82. The van der Waals surface area contributed by atoms with Gasteiger partial charge in [0.2, 0.25) is 0 Å². The molecule has 3 aromatic carbocycles. The second kappa shape index (κ2) is 12.4. The van der Waals surface area contributed by atoms with Crippen LogP contribution in [0.5, 0.6) is 11.5 Å². The van der Waals surface area contributed by atoms with Crippen LogP contribution in [0.3, 0.4) is 0 Å². The van der Waals surface area contributed by atoms with Crippen LogP contribution < -0.4 is 9.47 Å². The number of carbonyl (C=O) groups is 2. The standard InChI is InChI=1S/C27H27N3O7/c1-4-27(2,3)26(32)36-18-17-35-23-13-5-19(6-14-23)25(31)37-24-15-9-21(10-16-24)29-28-20-7-11-22(12-8-20)30(33)34/h5-16H,4,17-18H2,1-3H3. The minimum atomic E-state index is -0.539. The van der Waals surface area contributed by atoms with Crippen LogP contribution in [0.25, 0.3) is 0 Å². The van der Waals surface area contributed by atoms with Gasteiger partial charge >= 0.3 is 11.9 Å². The Hall–Kier alpha value is -4.60. The molecule has 192 valence electrons. The topological polar surface area (TPSA) is 130 Å². The molecule has 0 spiro atoms. The molecule has 0 atom stereocenters. The molecule has 37 heavy (non-hydrogen) atoms. The summed E-state index contributed by atoms with van der Waals surface area (Å²) in [5.41, 5.74) is 0.771. The van der Waals surface area contributed by atoms with E-state index in [-0.39, 0.29) is 24.9 Å². The van der Waals surface area contributed by atoms with Crippen LogP contribution in [0, 0.1) is 15.5 Å². The normalized spacial score (nSPS) is 11.2. The van der Waals surface area contributed by atoms with Gasteiger partial charge in [-0.2, -0.15) is 10.2 Å². The van der Waals surface area contributed by atoms with Gasteiger partial charge in [0.15, 0.2) is 0 Å². The number of hydrogen-bond acceptors (Lipinski definition) is 9. The third-order valence-electron chi connectivity index (χ3n) is 5.50. The van der Waals surface area contributed by atoms with Gasteiger partial charge in [-0.15, -0.1) is 0 Å². The second-order valence-corrected chi connectivity index (χ2v) is 8.60. The Labute approximate surface area is 214 Å². The molecule has 10 nitrogen and oxygen atoms in total. The highest BCUT2D eigenvalue weighted by molar-refractivity contribution is 5.91. The number of hydrogen-bond donors (Lipinski definition) is 0. The third-order valence-corrected chi connectivity index (χ3v) is 5.50. The summed E-state index contributed by atoms with van der Waals surface area (Å²) in [6.07, 6.45) is 0.684. The molecule has 0 aromatic heterocycles. The SMILES string of the molecule is CCC(C)(C)C(=O)OCCOc1ccc(C(=O)Oc2ccc(N=Nc3ccc([N+](=O)[O-])cc3)cc2)cc1. The first-order valence-electron chi connectivity index (χ1n) is 11.6. The average molecular weight is 506 g/mol. The number of esters is 2. The number of nitro groups is 1. The van der Waals surface area contributed by atoms with Crippen LogP contribution >= 0.6 is 0 Å². The van der Waals surface area contributed by atoms with Crippen molar-refractivity contribution in [2.45, 2.75) is 27.2 Å². The second-order valence-electron chi connectivity index (χ2n) is 8.60. The van der Waals surface area contributed by atoms with Crippen molar-refractivity contribution in [3.63, 3.8) is 0 Å². The summed E-state index contributed by atoms with van der Waals surface area (Å²) in [4.78, 5) is 34.6. The summed E-state index contributed by atoms with van der Waals surface area (Å²) < 4.78 is 16.2. The van der Waals surface area contributed by atoms with E-state index in [1.165, 1.54) is 24.3 Å². The molecular formula is C27H27N3O7. The fourth-order valence-corrected chi connectivity index (χ4v) is 2.82. The maximum Gasteiger partial charge on any atom is 0.343 e. The smallest absolute Gasteiger partial charge is 0.343 e. The van der Waals surface area contributed by atoms with Gasteiger partial charge in [-0.1, -0.05) is 6.92 Å². The van der Waals surface area contributed by atoms with Crippen molar-refractivity contribution in [3.05, 3.63) is 88.5 Å². The molecule has 0 saturated carbocycles. The number of nitro benzene ring substituents is 1. The zero-order chi connectivity index (χ0) is 26.8. The number of ether oxygens (including phenoxy) is 3. The molecular weight excluding hydrogens is 478 g/mol. The third kappa shape index (κ3) is 7.96. The predicted octanol–water partition coefficient (Wildman–Crippen LogP) is 6.59. The zero-order valence-corrected chi connectivity index (χ0v) is 20.7. The summed E-state index contributed by atoms with van der Waals surface area (Å²) in [5.74, 6) is 0.0568. The van der Waals surface area contributed by atoms with E-state index in [1.54, 1.807) is 48.5 Å². The summed E-state index contributed by atoms with van der Waals surface area (Å²) in [6, 6.07) is 18.5. The van der Waals surface area contributed by atoms with Crippen molar-refractivity contribution < 1.29 is 28.7 Å². The van der Waals surface area contributed by atoms with Gasteiger partial charge in [0, 0.05) is 12.1 Å². The Morgan fingerprint density at radius 2 is 1.38 bits per heavy atom. The Balaban J connectivity index is 1.47. The van der Waals surface area contributed by atoms with Crippen molar-refractivity contribution in [1.29, 1.82) is 0 Å². The van der Waals surface area contributed by atoms with Gasteiger partial charge < -0.3 is 14.2 Å². The summed E-state index contributed by atoms with van der Waals surface area (Å²) in [5, 5.41) is 18.8. The van der Waals surface area contributed by atoms with E-state index in [2.05, 4.69) is 10.2 Å². The van der Waals surface area contributed by atoms with E-state index in [1.807, 2.05) is 20.8 Å². The lowest BCUT2D eigenvalue weighted by atomic mass is 9.91. The Bertz CT molecular complexity index is 1250. The van der Waals surface area contributed by atoms with Crippen LogP contribution in [-0.2, 0) is 9.53 Å². The number of rotatable bonds is 11. The molecule has 0 N–H and O–H groups in total. The first-order chi connectivity index (χ1) is 17.7. The molecule has 0 amide bonds. The quantitative estimate of drug-likeness (QED) is 0.0717. The number of carbonyl (C=O) groups excluding carboxylic acids is 2. The lowest BCUT2D eigenvalue weighted by Gasteiger charge is -2.20. The first kappa shape index (κ1) is 27.0. The van der Waals surface area contributed by atoms with Crippen LogP contribution in [0.4, 0.5) is 17.1 Å². The van der Waals surface area contributed by atoms with Crippen LogP contribution in [0.2, 0.25) is 0 Å². The Morgan fingerprint density at radius 3 is 1.92 bits per heavy atom. The molecule has 0 aliphatic heterocycles. The van der Waals surface area contributed by atoms with Gasteiger partial charge in [-0.05, 0) is 80.9 Å². The average Bonchev–Trinajstić information content (AvgIpc) is 2.91. The van der Waals surface area contributed by atoms with E-state index >= 15 is 0 Å². The van der Waals surface area contributed by atoms with E-state index in [0.717, 1.165) is 0 Å². The number of benzene rings is 3. The molecule has 0 radical (unpaired) electrons. The molecule has 0 heterocycles. The van der Waals surface area contributed by atoms with Crippen molar-refractivity contribution in [2.24, 2.45) is 15.6 Å². The van der Waals surface area contributed by atoms with Gasteiger partial charge in [0.1, 0.15) is 24.7 Å². The molecule has 0 unspecified atom stereocenters. The van der Waals surface area contributed by atoms with E-state index < -0.39 is 16.3 Å². The molecule has 10 heteroatoms. The number of azo groups is 1. The van der Waals surface area contributed by atoms with Crippen LogP contribution in [0.1, 0.15) is 37.6 Å². The molecule has 0 fully saturated rings. The monoisotopic (exact) mass is 505 g/mol. The Morgan fingerprint density at radius 1 is 0.838 bits per heavy atom.